The molecule has 0 aromatic heterocycles. The van der Waals surface area contributed by atoms with Gasteiger partial charge in [0.25, 0.3) is 0 Å². The molecule has 7 nitrogen and oxygen atoms in total. The van der Waals surface area contributed by atoms with Crippen LogP contribution in [0.4, 0.5) is 0 Å². The number of rotatable bonds is 9. The lowest BCUT2D eigenvalue weighted by Crippen LogP contribution is -2.66. The summed E-state index contributed by atoms with van der Waals surface area (Å²) >= 11 is 0. The normalized spacial score (nSPS) is 35.8. The summed E-state index contributed by atoms with van der Waals surface area (Å²) in [5.74, 6) is 0.513. The second-order valence-corrected chi connectivity index (χ2v) is 7.17. The SMILES string of the molecule is CNCC(C)COC1CC(NC2NCCC(NC)N2)CCC1OC. The Morgan fingerprint density at radius 1 is 1.17 bits per heavy atom. The van der Waals surface area contributed by atoms with E-state index in [1.54, 1.807) is 7.11 Å². The summed E-state index contributed by atoms with van der Waals surface area (Å²) in [6, 6.07) is 0.446. The van der Waals surface area contributed by atoms with E-state index < -0.39 is 0 Å². The molecular weight excluding hydrogens is 306 g/mol. The molecule has 142 valence electrons. The summed E-state index contributed by atoms with van der Waals surface area (Å²) < 4.78 is 11.9. The van der Waals surface area contributed by atoms with E-state index in [0.717, 1.165) is 45.4 Å². The molecule has 0 spiro atoms. The van der Waals surface area contributed by atoms with Crippen LogP contribution in [0.15, 0.2) is 0 Å². The minimum atomic E-state index is 0.157. The molecule has 0 aromatic carbocycles. The van der Waals surface area contributed by atoms with E-state index in [9.17, 15) is 0 Å². The van der Waals surface area contributed by atoms with Gasteiger partial charge in [0.2, 0.25) is 0 Å². The zero-order valence-corrected chi connectivity index (χ0v) is 15.7. The molecule has 1 saturated heterocycles. The van der Waals surface area contributed by atoms with Gasteiger partial charge in [-0.3, -0.25) is 16.0 Å². The van der Waals surface area contributed by atoms with Crippen molar-refractivity contribution in [3.8, 4) is 0 Å². The smallest absolute Gasteiger partial charge is 0.113 e. The Labute approximate surface area is 147 Å². The Balaban J connectivity index is 1.80. The number of ether oxygens (including phenoxy) is 2. The van der Waals surface area contributed by atoms with Crippen LogP contribution in [-0.4, -0.2) is 71.6 Å². The molecular formula is C17H37N5O2. The summed E-state index contributed by atoms with van der Waals surface area (Å²) in [6.45, 7) is 4.99. The van der Waals surface area contributed by atoms with Crippen LogP contribution in [0.3, 0.4) is 0 Å². The van der Waals surface area contributed by atoms with Crippen molar-refractivity contribution in [2.75, 3.05) is 40.9 Å². The van der Waals surface area contributed by atoms with Crippen molar-refractivity contribution in [3.63, 3.8) is 0 Å². The monoisotopic (exact) mass is 343 g/mol. The van der Waals surface area contributed by atoms with E-state index in [4.69, 9.17) is 9.47 Å². The van der Waals surface area contributed by atoms with Gasteiger partial charge in [0.05, 0.1) is 25.0 Å². The van der Waals surface area contributed by atoms with Gasteiger partial charge in [0.15, 0.2) is 0 Å². The first-order valence-corrected chi connectivity index (χ1v) is 9.38. The molecule has 1 aliphatic carbocycles. The van der Waals surface area contributed by atoms with Crippen LogP contribution < -0.4 is 26.6 Å². The van der Waals surface area contributed by atoms with E-state index in [0.29, 0.717) is 18.1 Å². The quantitative estimate of drug-likeness (QED) is 0.397. The maximum atomic E-state index is 6.20. The topological polar surface area (TPSA) is 78.6 Å². The lowest BCUT2D eigenvalue weighted by atomic mass is 9.90. The van der Waals surface area contributed by atoms with Gasteiger partial charge in [-0.2, -0.15) is 0 Å². The second-order valence-electron chi connectivity index (χ2n) is 7.17. The molecule has 0 aromatic rings. The number of methoxy groups -OCH3 is 1. The van der Waals surface area contributed by atoms with Crippen molar-refractivity contribution < 1.29 is 9.47 Å². The Hall–Kier alpha value is -0.280. The molecule has 6 unspecified atom stereocenters. The van der Waals surface area contributed by atoms with E-state index in [-0.39, 0.29) is 18.5 Å². The first kappa shape index (κ1) is 20.0. The number of hydrogen-bond acceptors (Lipinski definition) is 7. The largest absolute Gasteiger partial charge is 0.379 e. The predicted octanol–water partition coefficient (Wildman–Crippen LogP) is -0.204. The molecule has 1 heterocycles. The number of nitrogens with one attached hydrogen (secondary N) is 5. The van der Waals surface area contributed by atoms with E-state index in [1.165, 1.54) is 0 Å². The fourth-order valence-corrected chi connectivity index (χ4v) is 3.68. The fourth-order valence-electron chi connectivity index (χ4n) is 3.68. The molecule has 2 fully saturated rings. The highest BCUT2D eigenvalue weighted by Crippen LogP contribution is 2.25. The highest BCUT2D eigenvalue weighted by molar-refractivity contribution is 4.88. The second kappa shape index (κ2) is 10.7. The van der Waals surface area contributed by atoms with Crippen molar-refractivity contribution in [2.45, 2.75) is 63.3 Å². The van der Waals surface area contributed by atoms with Gasteiger partial charge in [-0.1, -0.05) is 6.92 Å². The average molecular weight is 344 g/mol. The summed E-state index contributed by atoms with van der Waals surface area (Å²) in [4.78, 5) is 0. The number of hydrogen-bond donors (Lipinski definition) is 5. The van der Waals surface area contributed by atoms with Crippen molar-refractivity contribution in [1.29, 1.82) is 0 Å². The summed E-state index contributed by atoms with van der Waals surface area (Å²) in [6.07, 6.45) is 5.16. The molecule has 0 bridgehead atoms. The minimum absolute atomic E-state index is 0.157. The summed E-state index contributed by atoms with van der Waals surface area (Å²) in [5.41, 5.74) is 0. The van der Waals surface area contributed by atoms with Crippen molar-refractivity contribution in [3.05, 3.63) is 0 Å². The first-order valence-electron chi connectivity index (χ1n) is 9.38. The van der Waals surface area contributed by atoms with E-state index in [2.05, 4.69) is 33.5 Å². The first-order chi connectivity index (χ1) is 11.7. The maximum absolute atomic E-state index is 6.20. The van der Waals surface area contributed by atoms with Crippen LogP contribution in [0.2, 0.25) is 0 Å². The van der Waals surface area contributed by atoms with Crippen LogP contribution in [0.5, 0.6) is 0 Å². The molecule has 6 atom stereocenters. The van der Waals surface area contributed by atoms with Gasteiger partial charge in [-0.25, -0.2) is 0 Å². The Kier molecular flexibility index (Phi) is 8.89. The molecule has 5 N–H and O–H groups in total. The van der Waals surface area contributed by atoms with Gasteiger partial charge >= 0.3 is 0 Å². The van der Waals surface area contributed by atoms with Gasteiger partial charge in [-0.05, 0) is 52.2 Å². The minimum Gasteiger partial charge on any atom is -0.379 e. The summed E-state index contributed by atoms with van der Waals surface area (Å²) in [7, 11) is 5.78. The molecule has 1 saturated carbocycles. The molecule has 2 rings (SSSR count). The van der Waals surface area contributed by atoms with Crippen LogP contribution in [0, 0.1) is 5.92 Å². The average Bonchev–Trinajstić information content (AvgIpc) is 2.60. The maximum Gasteiger partial charge on any atom is 0.113 e. The van der Waals surface area contributed by atoms with Crippen LogP contribution in [0.1, 0.15) is 32.6 Å². The van der Waals surface area contributed by atoms with Gasteiger partial charge in [0, 0.05) is 19.7 Å². The lowest BCUT2D eigenvalue weighted by Gasteiger charge is -2.40. The lowest BCUT2D eigenvalue weighted by molar-refractivity contribution is -0.0907. The van der Waals surface area contributed by atoms with Gasteiger partial charge < -0.3 is 20.1 Å². The van der Waals surface area contributed by atoms with Crippen molar-refractivity contribution >= 4 is 0 Å². The van der Waals surface area contributed by atoms with Crippen molar-refractivity contribution in [1.82, 2.24) is 26.6 Å². The Morgan fingerprint density at radius 3 is 2.71 bits per heavy atom. The Morgan fingerprint density at radius 2 is 2.00 bits per heavy atom. The third-order valence-electron chi connectivity index (χ3n) is 5.08. The molecule has 24 heavy (non-hydrogen) atoms. The zero-order valence-electron chi connectivity index (χ0n) is 15.7. The molecule has 0 radical (unpaired) electrons. The third-order valence-corrected chi connectivity index (χ3v) is 5.08. The standard InChI is InChI=1S/C17H37N5O2/c1-12(10-18-2)11-24-15-9-13(5-6-14(15)23-4)21-17-20-8-7-16(19-3)22-17/h12-22H,5-11H2,1-4H3. The van der Waals surface area contributed by atoms with Crippen molar-refractivity contribution in [2.24, 2.45) is 5.92 Å². The Bertz CT molecular complexity index is 347. The highest BCUT2D eigenvalue weighted by atomic mass is 16.5. The molecule has 1 aliphatic heterocycles. The van der Waals surface area contributed by atoms with E-state index in [1.807, 2.05) is 14.1 Å². The highest BCUT2D eigenvalue weighted by Gasteiger charge is 2.33. The zero-order chi connectivity index (χ0) is 17.4. The molecule has 7 heteroatoms. The van der Waals surface area contributed by atoms with E-state index >= 15 is 0 Å². The molecule has 0 amide bonds. The van der Waals surface area contributed by atoms with Gasteiger partial charge in [-0.15, -0.1) is 0 Å². The molecule has 2 aliphatic rings. The predicted molar refractivity (Wildman–Crippen MR) is 96.8 cm³/mol. The third kappa shape index (κ3) is 6.22. The van der Waals surface area contributed by atoms with Crippen LogP contribution in [-0.2, 0) is 9.47 Å². The van der Waals surface area contributed by atoms with Crippen LogP contribution in [0.25, 0.3) is 0 Å². The van der Waals surface area contributed by atoms with Gasteiger partial charge in [0.1, 0.15) is 6.29 Å². The van der Waals surface area contributed by atoms with Crippen LogP contribution >= 0.6 is 0 Å². The fraction of sp³-hybridized carbons (Fsp3) is 1.00. The summed E-state index contributed by atoms with van der Waals surface area (Å²) in [5, 5.41) is 17.2.